The second-order valence-electron chi connectivity index (χ2n) is 7.28. The van der Waals surface area contributed by atoms with E-state index < -0.39 is 30.4 Å². The zero-order valence-electron chi connectivity index (χ0n) is 18.3. The molecular formula is C26H26N2O5. The molecule has 7 nitrogen and oxygen atoms in total. The maximum Gasteiger partial charge on any atom is 0.329 e. The van der Waals surface area contributed by atoms with Crippen LogP contribution < -0.4 is 15.4 Å². The van der Waals surface area contributed by atoms with Crippen LogP contribution in [0.3, 0.4) is 0 Å². The second kappa shape index (κ2) is 12.0. The van der Waals surface area contributed by atoms with Gasteiger partial charge < -0.3 is 20.1 Å². The summed E-state index contributed by atoms with van der Waals surface area (Å²) in [6, 6.07) is 24.2. The maximum atomic E-state index is 12.8. The molecule has 33 heavy (non-hydrogen) atoms. The van der Waals surface area contributed by atoms with Crippen molar-refractivity contribution in [2.24, 2.45) is 0 Å². The molecule has 0 aliphatic carbocycles. The molecule has 0 saturated carbocycles. The van der Waals surface area contributed by atoms with E-state index in [2.05, 4.69) is 10.6 Å². The molecular weight excluding hydrogens is 420 g/mol. The molecule has 0 saturated heterocycles. The minimum atomic E-state index is -0.942. The molecule has 3 rings (SSSR count). The van der Waals surface area contributed by atoms with Gasteiger partial charge in [-0.1, -0.05) is 66.7 Å². The minimum Gasteiger partial charge on any atom is -0.496 e. The first kappa shape index (κ1) is 23.5. The highest BCUT2D eigenvalue weighted by Crippen LogP contribution is 2.16. The van der Waals surface area contributed by atoms with Crippen molar-refractivity contribution in [2.75, 3.05) is 13.7 Å². The fraction of sp³-hybridized carbons (Fsp3) is 0.192. The Morgan fingerprint density at radius 2 is 1.48 bits per heavy atom. The van der Waals surface area contributed by atoms with Gasteiger partial charge in [0.05, 0.1) is 7.11 Å². The zero-order chi connectivity index (χ0) is 23.5. The summed E-state index contributed by atoms with van der Waals surface area (Å²) in [6.07, 6.45) is 0.237. The molecule has 1 unspecified atom stereocenters. The van der Waals surface area contributed by atoms with E-state index in [0.717, 1.165) is 11.1 Å². The van der Waals surface area contributed by atoms with Crippen molar-refractivity contribution in [1.82, 2.24) is 10.6 Å². The monoisotopic (exact) mass is 446 g/mol. The summed E-state index contributed by atoms with van der Waals surface area (Å²) in [7, 11) is 1.55. The Bertz CT molecular complexity index is 1070. The van der Waals surface area contributed by atoms with Gasteiger partial charge in [0.1, 0.15) is 11.8 Å². The normalized spacial score (nSPS) is 11.2. The van der Waals surface area contributed by atoms with Gasteiger partial charge in [0.15, 0.2) is 6.61 Å². The van der Waals surface area contributed by atoms with Crippen molar-refractivity contribution >= 4 is 17.8 Å². The van der Waals surface area contributed by atoms with Crippen LogP contribution in [-0.2, 0) is 27.3 Å². The fourth-order valence-electron chi connectivity index (χ4n) is 3.21. The summed E-state index contributed by atoms with van der Waals surface area (Å²) in [5.74, 6) is -0.881. The molecule has 0 spiro atoms. The average Bonchev–Trinajstić information content (AvgIpc) is 2.86. The molecule has 0 fully saturated rings. The number of nitrogens with one attached hydrogen (secondary N) is 2. The number of benzene rings is 3. The third-order valence-electron chi connectivity index (χ3n) is 4.92. The predicted octanol–water partition coefficient (Wildman–Crippen LogP) is 2.90. The van der Waals surface area contributed by atoms with Crippen LogP contribution in [0.1, 0.15) is 21.5 Å². The maximum absolute atomic E-state index is 12.8. The summed E-state index contributed by atoms with van der Waals surface area (Å²) >= 11 is 0. The highest BCUT2D eigenvalue weighted by atomic mass is 16.5. The lowest BCUT2D eigenvalue weighted by Gasteiger charge is -2.18. The largest absolute Gasteiger partial charge is 0.496 e. The molecule has 1 atom stereocenters. The Hall–Kier alpha value is -4.13. The first-order valence-corrected chi connectivity index (χ1v) is 10.5. The highest BCUT2D eigenvalue weighted by molar-refractivity contribution is 5.97. The molecule has 0 bridgehead atoms. The zero-order valence-corrected chi connectivity index (χ0v) is 18.3. The fourth-order valence-corrected chi connectivity index (χ4v) is 3.21. The van der Waals surface area contributed by atoms with Crippen LogP contribution in [0.15, 0.2) is 84.9 Å². The van der Waals surface area contributed by atoms with Crippen LogP contribution in [0, 0.1) is 0 Å². The molecule has 2 amide bonds. The number of hydrogen-bond donors (Lipinski definition) is 2. The van der Waals surface area contributed by atoms with Crippen LogP contribution in [0.2, 0.25) is 0 Å². The number of amides is 2. The first-order chi connectivity index (χ1) is 16.1. The standard InChI is InChI=1S/C26H26N2O5/c1-32-23-15-9-8-14-21(23)17-27-24(29)18-33-26(31)22(16-19-10-4-2-5-11-19)28-25(30)20-12-6-3-7-13-20/h2-15,22H,16-18H2,1H3,(H,27,29)(H,28,30). The molecule has 0 radical (unpaired) electrons. The van der Waals surface area contributed by atoms with E-state index in [0.29, 0.717) is 11.3 Å². The van der Waals surface area contributed by atoms with Crippen molar-refractivity contribution in [3.8, 4) is 5.75 Å². The van der Waals surface area contributed by atoms with Crippen molar-refractivity contribution in [1.29, 1.82) is 0 Å². The third-order valence-corrected chi connectivity index (χ3v) is 4.92. The number of ether oxygens (including phenoxy) is 2. The van der Waals surface area contributed by atoms with Crippen LogP contribution in [0.25, 0.3) is 0 Å². The first-order valence-electron chi connectivity index (χ1n) is 10.5. The van der Waals surface area contributed by atoms with E-state index in [1.165, 1.54) is 0 Å². The van der Waals surface area contributed by atoms with E-state index in [1.54, 1.807) is 43.5 Å². The van der Waals surface area contributed by atoms with Gasteiger partial charge >= 0.3 is 5.97 Å². The SMILES string of the molecule is COc1ccccc1CNC(=O)COC(=O)C(Cc1ccccc1)NC(=O)c1ccccc1. The molecule has 0 aliphatic heterocycles. The minimum absolute atomic E-state index is 0.235. The summed E-state index contributed by atoms with van der Waals surface area (Å²) in [4.78, 5) is 37.6. The van der Waals surface area contributed by atoms with Gasteiger partial charge in [0, 0.05) is 24.1 Å². The second-order valence-corrected chi connectivity index (χ2v) is 7.28. The van der Waals surface area contributed by atoms with Gasteiger partial charge in [0.25, 0.3) is 11.8 Å². The van der Waals surface area contributed by atoms with Crippen molar-refractivity contribution in [3.05, 3.63) is 102 Å². The summed E-state index contributed by atoms with van der Waals surface area (Å²) in [5.41, 5.74) is 2.09. The molecule has 0 aromatic heterocycles. The molecule has 3 aromatic rings. The Morgan fingerprint density at radius 3 is 2.18 bits per heavy atom. The number of para-hydroxylation sites is 1. The summed E-state index contributed by atoms with van der Waals surface area (Å²) < 4.78 is 10.5. The highest BCUT2D eigenvalue weighted by Gasteiger charge is 2.24. The van der Waals surface area contributed by atoms with Crippen LogP contribution in [-0.4, -0.2) is 37.5 Å². The lowest BCUT2D eigenvalue weighted by molar-refractivity contribution is -0.150. The van der Waals surface area contributed by atoms with Crippen LogP contribution in [0.4, 0.5) is 0 Å². The quantitative estimate of drug-likeness (QED) is 0.467. The van der Waals surface area contributed by atoms with Gasteiger partial charge in [0.2, 0.25) is 0 Å². The molecule has 170 valence electrons. The van der Waals surface area contributed by atoms with Crippen LogP contribution >= 0.6 is 0 Å². The lowest BCUT2D eigenvalue weighted by Crippen LogP contribution is -2.44. The van der Waals surface area contributed by atoms with Crippen molar-refractivity contribution in [3.63, 3.8) is 0 Å². The van der Waals surface area contributed by atoms with Crippen molar-refractivity contribution in [2.45, 2.75) is 19.0 Å². The van der Waals surface area contributed by atoms with Crippen molar-refractivity contribution < 1.29 is 23.9 Å². The Morgan fingerprint density at radius 1 is 0.848 bits per heavy atom. The number of methoxy groups -OCH3 is 1. The third kappa shape index (κ3) is 7.21. The van der Waals surface area contributed by atoms with E-state index >= 15 is 0 Å². The topological polar surface area (TPSA) is 93.7 Å². The Kier molecular flexibility index (Phi) is 8.59. The van der Waals surface area contributed by atoms with Crippen LogP contribution in [0.5, 0.6) is 5.75 Å². The summed E-state index contributed by atoms with van der Waals surface area (Å²) in [6.45, 7) is -0.223. The predicted molar refractivity (Wildman–Crippen MR) is 124 cm³/mol. The Labute approximate surface area is 192 Å². The lowest BCUT2D eigenvalue weighted by atomic mass is 10.1. The molecule has 0 aliphatic rings. The van der Waals surface area contributed by atoms with Gasteiger partial charge in [-0.15, -0.1) is 0 Å². The number of carbonyl (C=O) groups excluding carboxylic acids is 3. The number of carbonyl (C=O) groups is 3. The van der Waals surface area contributed by atoms with E-state index in [-0.39, 0.29) is 13.0 Å². The van der Waals surface area contributed by atoms with E-state index in [1.807, 2.05) is 48.5 Å². The van der Waals surface area contributed by atoms with Gasteiger partial charge in [-0.2, -0.15) is 0 Å². The van der Waals surface area contributed by atoms with Gasteiger partial charge in [-0.25, -0.2) is 4.79 Å². The number of rotatable bonds is 10. The average molecular weight is 447 g/mol. The van der Waals surface area contributed by atoms with Gasteiger partial charge in [-0.3, -0.25) is 9.59 Å². The molecule has 2 N–H and O–H groups in total. The Balaban J connectivity index is 1.59. The van der Waals surface area contributed by atoms with Gasteiger partial charge in [-0.05, 0) is 23.8 Å². The summed E-state index contributed by atoms with van der Waals surface area (Å²) in [5, 5.41) is 5.42. The van der Waals surface area contributed by atoms with E-state index in [4.69, 9.17) is 9.47 Å². The molecule has 7 heteroatoms. The number of hydrogen-bond acceptors (Lipinski definition) is 5. The molecule has 0 heterocycles. The van der Waals surface area contributed by atoms with E-state index in [9.17, 15) is 14.4 Å². The molecule has 3 aromatic carbocycles. The smallest absolute Gasteiger partial charge is 0.329 e. The number of esters is 1.